The van der Waals surface area contributed by atoms with Crippen molar-refractivity contribution in [2.24, 2.45) is 0 Å². The Morgan fingerprint density at radius 1 is 1.50 bits per heavy atom. The summed E-state index contributed by atoms with van der Waals surface area (Å²) in [6, 6.07) is 0.198. The highest BCUT2D eigenvalue weighted by atomic mass is 16.5. The lowest BCUT2D eigenvalue weighted by atomic mass is 10.1. The highest BCUT2D eigenvalue weighted by Gasteiger charge is 2.24. The second-order valence-corrected chi connectivity index (χ2v) is 4.57. The summed E-state index contributed by atoms with van der Waals surface area (Å²) < 4.78 is 10.5. The zero-order valence-electron chi connectivity index (χ0n) is 11.0. The van der Waals surface area contributed by atoms with Gasteiger partial charge in [0.05, 0.1) is 19.8 Å². The topological polar surface area (TPSA) is 44.8 Å². The Morgan fingerprint density at radius 2 is 2.33 bits per heavy atom. The molecule has 0 spiro atoms. The van der Waals surface area contributed by atoms with Crippen LogP contribution in [0.1, 0.15) is 19.3 Å². The van der Waals surface area contributed by atoms with Crippen LogP contribution in [0.4, 0.5) is 0 Å². The monoisotopic (exact) mass is 250 g/mol. The Bertz CT molecular complexity index is 385. The van der Waals surface area contributed by atoms with Gasteiger partial charge in [0.2, 0.25) is 0 Å². The molecule has 1 fully saturated rings. The molecule has 1 heterocycles. The van der Waals surface area contributed by atoms with Crippen LogP contribution in [0, 0.1) is 0 Å². The summed E-state index contributed by atoms with van der Waals surface area (Å²) >= 11 is 0. The van der Waals surface area contributed by atoms with Crippen LogP contribution in [0.5, 0.6) is 0 Å². The lowest BCUT2D eigenvalue weighted by Crippen LogP contribution is -2.38. The summed E-state index contributed by atoms with van der Waals surface area (Å²) in [5.74, 6) is 0.740. The normalized spacial score (nSPS) is 26.2. The summed E-state index contributed by atoms with van der Waals surface area (Å²) in [6.45, 7) is 1.41. The third-order valence-electron chi connectivity index (χ3n) is 3.44. The number of likely N-dealkylation sites (tertiary alicyclic amines) is 1. The van der Waals surface area contributed by atoms with Crippen molar-refractivity contribution in [3.8, 4) is 0 Å². The van der Waals surface area contributed by atoms with E-state index in [-0.39, 0.29) is 11.9 Å². The molecule has 2 rings (SSSR count). The molecule has 0 amide bonds. The van der Waals surface area contributed by atoms with E-state index in [1.54, 1.807) is 14.2 Å². The molecular weight excluding hydrogens is 230 g/mol. The molecule has 0 aromatic rings. The Morgan fingerprint density at radius 3 is 3.06 bits per heavy atom. The summed E-state index contributed by atoms with van der Waals surface area (Å²) in [7, 11) is 3.28. The first-order chi connectivity index (χ1) is 8.77. The first kappa shape index (κ1) is 13.0. The molecule has 4 heteroatoms. The fourth-order valence-electron chi connectivity index (χ4n) is 2.55. The average molecular weight is 250 g/mol. The van der Waals surface area contributed by atoms with E-state index in [0.717, 1.165) is 25.8 Å². The molecule has 0 bridgehead atoms. The zero-order valence-corrected chi connectivity index (χ0v) is 11.0. The van der Waals surface area contributed by atoms with Crippen molar-refractivity contribution in [2.75, 3.05) is 27.4 Å². The maximum atomic E-state index is 12.5. The standard InChI is InChI=1S/C14H21NO3/c1-17-10-11-6-5-9-15(11)14(16)12-7-3-4-8-13(12)18-2/h3,7-8,11,16H,4-6,9-10H2,1-2H3/p-1/b14-12-/t11-/m0/s1. The number of hydrogen-bond acceptors (Lipinski definition) is 4. The maximum absolute atomic E-state index is 12.5. The van der Waals surface area contributed by atoms with Crippen molar-refractivity contribution in [3.05, 3.63) is 35.4 Å². The van der Waals surface area contributed by atoms with E-state index in [9.17, 15) is 5.11 Å². The largest absolute Gasteiger partial charge is 0.860 e. The average Bonchev–Trinajstić information content (AvgIpc) is 2.86. The van der Waals surface area contributed by atoms with Gasteiger partial charge in [-0.2, -0.15) is 0 Å². The van der Waals surface area contributed by atoms with Crippen LogP contribution < -0.4 is 5.11 Å². The van der Waals surface area contributed by atoms with Crippen molar-refractivity contribution < 1.29 is 14.6 Å². The van der Waals surface area contributed by atoms with Crippen LogP contribution in [0.3, 0.4) is 0 Å². The number of hydrogen-bond donors (Lipinski definition) is 0. The van der Waals surface area contributed by atoms with Crippen LogP contribution in [-0.2, 0) is 9.47 Å². The van der Waals surface area contributed by atoms with Gasteiger partial charge in [-0.1, -0.05) is 12.2 Å². The SMILES string of the molecule is COC[C@@H]1CCCN1/C([O-])=C1\C=CCC=C1OC. The molecule has 0 N–H and O–H groups in total. The van der Waals surface area contributed by atoms with E-state index in [1.165, 1.54) is 0 Å². The van der Waals surface area contributed by atoms with Crippen molar-refractivity contribution >= 4 is 0 Å². The van der Waals surface area contributed by atoms with Crippen molar-refractivity contribution in [3.63, 3.8) is 0 Å². The maximum Gasteiger partial charge on any atom is 0.123 e. The molecule has 2 aliphatic rings. The highest BCUT2D eigenvalue weighted by molar-refractivity contribution is 5.41. The number of ether oxygens (including phenoxy) is 2. The van der Waals surface area contributed by atoms with E-state index < -0.39 is 0 Å². The lowest BCUT2D eigenvalue weighted by molar-refractivity contribution is -0.336. The number of methoxy groups -OCH3 is 2. The molecule has 1 aliphatic carbocycles. The minimum atomic E-state index is 0.0543. The van der Waals surface area contributed by atoms with Crippen LogP contribution >= 0.6 is 0 Å². The second kappa shape index (κ2) is 5.96. The zero-order chi connectivity index (χ0) is 13.0. The number of allylic oxidation sites excluding steroid dienone is 3. The molecule has 1 aliphatic heterocycles. The fourth-order valence-corrected chi connectivity index (χ4v) is 2.55. The second-order valence-electron chi connectivity index (χ2n) is 4.57. The first-order valence-corrected chi connectivity index (χ1v) is 6.36. The molecule has 4 nitrogen and oxygen atoms in total. The Hall–Kier alpha value is -1.42. The summed E-state index contributed by atoms with van der Waals surface area (Å²) in [5, 5.41) is 12.5. The van der Waals surface area contributed by atoms with Gasteiger partial charge in [-0.3, -0.25) is 0 Å². The quantitative estimate of drug-likeness (QED) is 0.702. The van der Waals surface area contributed by atoms with Crippen molar-refractivity contribution in [1.82, 2.24) is 4.90 Å². The summed E-state index contributed by atoms with van der Waals surface area (Å²) in [5.41, 5.74) is 0.659. The molecular formula is C14H20NO3-. The van der Waals surface area contributed by atoms with Gasteiger partial charge >= 0.3 is 0 Å². The Kier molecular flexibility index (Phi) is 4.31. The van der Waals surface area contributed by atoms with Crippen molar-refractivity contribution in [1.29, 1.82) is 0 Å². The van der Waals surface area contributed by atoms with E-state index in [1.807, 2.05) is 23.1 Å². The molecule has 0 saturated carbocycles. The molecule has 100 valence electrons. The minimum absolute atomic E-state index is 0.0543. The Labute approximate surface area is 108 Å². The molecule has 0 aromatic heterocycles. The first-order valence-electron chi connectivity index (χ1n) is 6.36. The van der Waals surface area contributed by atoms with Gasteiger partial charge in [0.1, 0.15) is 5.76 Å². The fraction of sp³-hybridized carbons (Fsp3) is 0.571. The van der Waals surface area contributed by atoms with Gasteiger partial charge in [0, 0.05) is 19.2 Å². The van der Waals surface area contributed by atoms with E-state index in [2.05, 4.69) is 0 Å². The van der Waals surface area contributed by atoms with Crippen LogP contribution in [0.15, 0.2) is 35.4 Å². The smallest absolute Gasteiger partial charge is 0.123 e. The third-order valence-corrected chi connectivity index (χ3v) is 3.44. The molecule has 1 atom stereocenters. The van der Waals surface area contributed by atoms with Gasteiger partial charge < -0.3 is 19.5 Å². The van der Waals surface area contributed by atoms with E-state index in [0.29, 0.717) is 17.9 Å². The van der Waals surface area contributed by atoms with Gasteiger partial charge in [-0.15, -0.1) is 0 Å². The van der Waals surface area contributed by atoms with Gasteiger partial charge in [-0.25, -0.2) is 0 Å². The summed E-state index contributed by atoms with van der Waals surface area (Å²) in [6.07, 6.45) is 8.67. The van der Waals surface area contributed by atoms with Gasteiger partial charge in [0.25, 0.3) is 0 Å². The Balaban J connectivity index is 2.22. The lowest BCUT2D eigenvalue weighted by Gasteiger charge is -2.35. The van der Waals surface area contributed by atoms with Crippen molar-refractivity contribution in [2.45, 2.75) is 25.3 Å². The van der Waals surface area contributed by atoms with E-state index in [4.69, 9.17) is 9.47 Å². The van der Waals surface area contributed by atoms with E-state index >= 15 is 0 Å². The van der Waals surface area contributed by atoms with Crippen LogP contribution in [-0.4, -0.2) is 38.3 Å². The van der Waals surface area contributed by atoms with Crippen LogP contribution in [0.2, 0.25) is 0 Å². The molecule has 1 saturated heterocycles. The predicted octanol–water partition coefficient (Wildman–Crippen LogP) is 1.16. The molecule has 0 radical (unpaired) electrons. The molecule has 0 aromatic carbocycles. The molecule has 0 unspecified atom stereocenters. The number of rotatable bonds is 4. The van der Waals surface area contributed by atoms with Gasteiger partial charge in [0.15, 0.2) is 0 Å². The van der Waals surface area contributed by atoms with Crippen LogP contribution in [0.25, 0.3) is 0 Å². The molecule has 18 heavy (non-hydrogen) atoms. The van der Waals surface area contributed by atoms with Gasteiger partial charge in [-0.05, 0) is 31.2 Å². The predicted molar refractivity (Wildman–Crippen MR) is 67.5 cm³/mol. The number of nitrogens with zero attached hydrogens (tertiary/aromatic N) is 1. The summed E-state index contributed by atoms with van der Waals surface area (Å²) in [4.78, 5) is 1.90. The minimum Gasteiger partial charge on any atom is -0.860 e. The third kappa shape index (κ3) is 2.53. The highest BCUT2D eigenvalue weighted by Crippen LogP contribution is 2.26.